The van der Waals surface area contributed by atoms with Crippen molar-refractivity contribution in [2.75, 3.05) is 5.75 Å². The van der Waals surface area contributed by atoms with Crippen LogP contribution in [-0.2, 0) is 36.8 Å². The molecule has 13 nitrogen and oxygen atoms in total. The van der Waals surface area contributed by atoms with E-state index in [2.05, 4.69) is 38.9 Å². The highest BCUT2D eigenvalue weighted by Gasteiger charge is 2.35. The largest absolute Gasteiger partial charge is 0.480 e. The van der Waals surface area contributed by atoms with E-state index in [4.69, 9.17) is 5.73 Å². The van der Waals surface area contributed by atoms with Crippen LogP contribution < -0.4 is 27.0 Å². The number of aliphatic hydroxyl groups is 1. The topological polar surface area (TPSA) is 216 Å². The van der Waals surface area contributed by atoms with Crippen molar-refractivity contribution in [3.8, 4) is 0 Å². The van der Waals surface area contributed by atoms with Gasteiger partial charge in [-0.15, -0.1) is 0 Å². The quantitative estimate of drug-likeness (QED) is 0.0975. The first kappa shape index (κ1) is 36.1. The Bertz CT molecular complexity index is 1510. The third kappa shape index (κ3) is 9.80. The predicted octanol–water partition coefficient (Wildman–Crippen LogP) is 0.271. The smallest absolute Gasteiger partial charge is 0.326 e. The molecule has 0 spiro atoms. The molecule has 0 aliphatic heterocycles. The van der Waals surface area contributed by atoms with Gasteiger partial charge in [-0.05, 0) is 30.0 Å². The van der Waals surface area contributed by atoms with E-state index in [-0.39, 0.29) is 18.6 Å². The molecule has 0 bridgehead atoms. The third-order valence-corrected chi connectivity index (χ3v) is 7.87. The predicted molar refractivity (Wildman–Crippen MR) is 176 cm³/mol. The number of aliphatic hydroxyl groups excluding tert-OH is 1. The van der Waals surface area contributed by atoms with Gasteiger partial charge in [-0.2, -0.15) is 12.6 Å². The van der Waals surface area contributed by atoms with Crippen molar-refractivity contribution in [2.45, 2.75) is 69.9 Å². The normalized spacial score (nSPS) is 15.2. The number of thiol groups is 1. The Morgan fingerprint density at radius 1 is 0.783 bits per heavy atom. The minimum atomic E-state index is -1.52. The molecule has 0 aliphatic rings. The van der Waals surface area contributed by atoms with Gasteiger partial charge >= 0.3 is 5.97 Å². The minimum absolute atomic E-state index is 0.0123. The fraction of sp³-hybridized carbons (Fsp3) is 0.406. The van der Waals surface area contributed by atoms with Gasteiger partial charge in [-0.1, -0.05) is 62.4 Å². The van der Waals surface area contributed by atoms with Gasteiger partial charge in [0.25, 0.3) is 0 Å². The minimum Gasteiger partial charge on any atom is -0.480 e. The van der Waals surface area contributed by atoms with Crippen LogP contribution in [0.2, 0.25) is 0 Å². The van der Waals surface area contributed by atoms with Crippen LogP contribution in [0.25, 0.3) is 10.9 Å². The standard InChI is InChI=1S/C32H42N6O7S/c1-17(2)26(30(42)36-25(32(44)45)14-20-15-34-23-12-8-7-11-21(20)23)37-31(43)27(18(3)39)38-29(41)24(35-28(40)22(33)16-46)13-19-9-5-4-6-10-19/h4-12,15,17-18,22,24-27,34,39,46H,13-14,16,33H2,1-3H3,(H,35,40)(H,36,42)(H,37,43)(H,38,41)(H,44,45)/t18-,22+,24+,25+,26+,27+/m1/s1. The van der Waals surface area contributed by atoms with Gasteiger partial charge < -0.3 is 42.2 Å². The molecule has 248 valence electrons. The van der Waals surface area contributed by atoms with Crippen molar-refractivity contribution >= 4 is 53.1 Å². The van der Waals surface area contributed by atoms with Gasteiger partial charge in [0, 0.05) is 35.7 Å². The lowest BCUT2D eigenvalue weighted by molar-refractivity contribution is -0.142. The number of carboxylic acid groups (broad SMARTS) is 1. The van der Waals surface area contributed by atoms with Gasteiger partial charge in [0.2, 0.25) is 23.6 Å². The Hall–Kier alpha value is -4.40. The van der Waals surface area contributed by atoms with Gasteiger partial charge in [-0.3, -0.25) is 19.2 Å². The summed E-state index contributed by atoms with van der Waals surface area (Å²) in [5.41, 5.74) is 8.02. The summed E-state index contributed by atoms with van der Waals surface area (Å²) in [6.45, 7) is 4.61. The van der Waals surface area contributed by atoms with Gasteiger partial charge in [0.15, 0.2) is 0 Å². The molecule has 0 unspecified atom stereocenters. The number of carboxylic acids is 1. The molecule has 2 aromatic carbocycles. The fourth-order valence-corrected chi connectivity index (χ4v) is 5.01. The monoisotopic (exact) mass is 654 g/mol. The highest BCUT2D eigenvalue weighted by atomic mass is 32.1. The van der Waals surface area contributed by atoms with Crippen molar-refractivity contribution < 1.29 is 34.2 Å². The lowest BCUT2D eigenvalue weighted by atomic mass is 10.00. The van der Waals surface area contributed by atoms with Crippen LogP contribution in [0.5, 0.6) is 0 Å². The highest BCUT2D eigenvalue weighted by Crippen LogP contribution is 2.19. The molecular weight excluding hydrogens is 612 g/mol. The van der Waals surface area contributed by atoms with Crippen LogP contribution in [0, 0.1) is 5.92 Å². The number of hydrogen-bond acceptors (Lipinski definition) is 8. The van der Waals surface area contributed by atoms with Crippen LogP contribution in [0.1, 0.15) is 31.9 Å². The van der Waals surface area contributed by atoms with Crippen molar-refractivity contribution in [1.82, 2.24) is 26.3 Å². The van der Waals surface area contributed by atoms with Crippen molar-refractivity contribution in [1.29, 1.82) is 0 Å². The molecule has 3 rings (SSSR count). The maximum absolute atomic E-state index is 13.4. The van der Waals surface area contributed by atoms with Crippen LogP contribution in [-0.4, -0.2) is 86.9 Å². The van der Waals surface area contributed by atoms with E-state index >= 15 is 0 Å². The summed E-state index contributed by atoms with van der Waals surface area (Å²) >= 11 is 4.03. The Morgan fingerprint density at radius 3 is 1.98 bits per heavy atom. The second kappa shape index (κ2) is 16.8. The van der Waals surface area contributed by atoms with E-state index in [0.29, 0.717) is 5.56 Å². The fourth-order valence-electron chi connectivity index (χ4n) is 4.84. The lowest BCUT2D eigenvalue weighted by Gasteiger charge is -2.29. The van der Waals surface area contributed by atoms with Gasteiger partial charge in [0.1, 0.15) is 24.2 Å². The summed E-state index contributed by atoms with van der Waals surface area (Å²) in [7, 11) is 0. The molecule has 1 heterocycles. The molecule has 3 aromatic rings. The highest BCUT2D eigenvalue weighted by molar-refractivity contribution is 7.80. The number of fused-ring (bicyclic) bond motifs is 1. The summed E-state index contributed by atoms with van der Waals surface area (Å²) in [5.74, 6) is -4.73. The number of benzene rings is 2. The number of rotatable bonds is 16. The first-order valence-corrected chi connectivity index (χ1v) is 15.5. The Morgan fingerprint density at radius 2 is 1.37 bits per heavy atom. The molecule has 0 saturated heterocycles. The van der Waals surface area contributed by atoms with Crippen LogP contribution in [0.15, 0.2) is 60.8 Å². The Labute approximate surface area is 272 Å². The molecule has 0 saturated carbocycles. The lowest BCUT2D eigenvalue weighted by Crippen LogP contribution is -2.62. The summed E-state index contributed by atoms with van der Waals surface area (Å²) in [4.78, 5) is 67.9. The number of H-pyrrole nitrogens is 1. The van der Waals surface area contributed by atoms with E-state index < -0.39 is 71.8 Å². The molecule has 14 heteroatoms. The maximum Gasteiger partial charge on any atom is 0.326 e. The first-order chi connectivity index (χ1) is 21.8. The van der Waals surface area contributed by atoms with E-state index in [1.807, 2.05) is 24.3 Å². The molecule has 1 aromatic heterocycles. The zero-order chi connectivity index (χ0) is 34.0. The average molecular weight is 655 g/mol. The molecule has 0 fully saturated rings. The number of hydrogen-bond donors (Lipinski definition) is 9. The van der Waals surface area contributed by atoms with Gasteiger partial charge in [-0.25, -0.2) is 4.79 Å². The Kier molecular flexibility index (Phi) is 13.2. The van der Waals surface area contributed by atoms with E-state index in [0.717, 1.165) is 16.5 Å². The molecule has 46 heavy (non-hydrogen) atoms. The van der Waals surface area contributed by atoms with Crippen molar-refractivity contribution in [3.05, 3.63) is 71.9 Å². The first-order valence-electron chi connectivity index (χ1n) is 14.9. The molecule has 0 radical (unpaired) electrons. The van der Waals surface area contributed by atoms with Crippen molar-refractivity contribution in [2.24, 2.45) is 11.7 Å². The third-order valence-electron chi connectivity index (χ3n) is 7.47. The Balaban J connectivity index is 1.74. The molecule has 0 aliphatic carbocycles. The average Bonchev–Trinajstić information content (AvgIpc) is 3.43. The molecule has 6 atom stereocenters. The number of aromatic amines is 1. The SMILES string of the molecule is CC(C)[C@H](NC(=O)[C@@H](NC(=O)[C@H](Cc1ccccc1)NC(=O)[C@@H](N)CS)[C@@H](C)O)C(=O)N[C@@H](Cc1c[nH]c2ccccc12)C(=O)O. The van der Waals surface area contributed by atoms with E-state index in [9.17, 15) is 34.2 Å². The number of nitrogens with one attached hydrogen (secondary N) is 5. The summed E-state index contributed by atoms with van der Waals surface area (Å²) < 4.78 is 0. The summed E-state index contributed by atoms with van der Waals surface area (Å²) in [6, 6.07) is 10.1. The zero-order valence-corrected chi connectivity index (χ0v) is 26.8. The molecule has 9 N–H and O–H groups in total. The number of amides is 4. The van der Waals surface area contributed by atoms with E-state index in [1.165, 1.54) is 6.92 Å². The second-order valence-corrected chi connectivity index (χ2v) is 11.8. The number of para-hydroxylation sites is 1. The van der Waals surface area contributed by atoms with Gasteiger partial charge in [0.05, 0.1) is 12.1 Å². The van der Waals surface area contributed by atoms with Crippen LogP contribution in [0.4, 0.5) is 0 Å². The number of nitrogens with two attached hydrogens (primary N) is 1. The maximum atomic E-state index is 13.4. The number of aliphatic carboxylic acids is 1. The molecule has 4 amide bonds. The summed E-state index contributed by atoms with van der Waals surface area (Å²) in [6.07, 6.45) is 0.336. The number of carbonyl (C=O) groups excluding carboxylic acids is 4. The molecular formula is C32H42N6O7S. The van der Waals surface area contributed by atoms with Crippen LogP contribution >= 0.6 is 12.6 Å². The van der Waals surface area contributed by atoms with Crippen LogP contribution in [0.3, 0.4) is 0 Å². The van der Waals surface area contributed by atoms with Crippen molar-refractivity contribution in [3.63, 3.8) is 0 Å². The number of carbonyl (C=O) groups is 5. The number of aromatic nitrogens is 1. The second-order valence-electron chi connectivity index (χ2n) is 11.5. The summed E-state index contributed by atoms with van der Waals surface area (Å²) in [5, 5.41) is 31.3. The van der Waals surface area contributed by atoms with E-state index in [1.54, 1.807) is 50.4 Å². The zero-order valence-electron chi connectivity index (χ0n) is 25.9.